The van der Waals surface area contributed by atoms with Gasteiger partial charge in [0.2, 0.25) is 0 Å². The molecule has 9 aromatic rings. The Morgan fingerprint density at radius 3 is 0.870 bits per heavy atom. The first-order valence-corrected chi connectivity index (χ1v) is 18.2. The molecule has 0 aliphatic heterocycles. The van der Waals surface area contributed by atoms with E-state index in [0.717, 1.165) is 67.7 Å². The van der Waals surface area contributed by atoms with Gasteiger partial charge >= 0.3 is 0 Å². The van der Waals surface area contributed by atoms with Crippen molar-refractivity contribution in [1.29, 1.82) is 0 Å². The maximum Gasteiger partial charge on any atom is 0.0973 e. The van der Waals surface area contributed by atoms with Crippen LogP contribution in [-0.2, 0) is 0 Å². The first kappa shape index (κ1) is 32.6. The Hall–Kier alpha value is -7.30. The number of benzene rings is 8. The van der Waals surface area contributed by atoms with Gasteiger partial charge in [0, 0.05) is 45.3 Å². The van der Waals surface area contributed by atoms with Crippen LogP contribution in [0.4, 0.5) is 34.1 Å². The largest absolute Gasteiger partial charge is 0.311 e. The minimum absolute atomic E-state index is 0.852. The molecule has 1 aromatic heterocycles. The average molecular weight is 693 g/mol. The van der Waals surface area contributed by atoms with Gasteiger partial charge in [0.15, 0.2) is 0 Å². The van der Waals surface area contributed by atoms with Crippen LogP contribution in [0, 0.1) is 0 Å². The number of hydrogen-bond donors (Lipinski definition) is 0. The molecule has 0 amide bonds. The van der Waals surface area contributed by atoms with Gasteiger partial charge in [-0.3, -0.25) is 0 Å². The van der Waals surface area contributed by atoms with E-state index in [9.17, 15) is 0 Å². The van der Waals surface area contributed by atoms with Crippen LogP contribution in [0.1, 0.15) is 0 Å². The van der Waals surface area contributed by atoms with Gasteiger partial charge in [-0.05, 0) is 96.1 Å². The van der Waals surface area contributed by atoms with E-state index in [1.165, 1.54) is 11.1 Å². The highest BCUT2D eigenvalue weighted by atomic mass is 15.2. The van der Waals surface area contributed by atoms with E-state index in [0.29, 0.717) is 0 Å². The molecule has 0 atom stereocenters. The lowest BCUT2D eigenvalue weighted by Gasteiger charge is -2.28. The predicted molar refractivity (Wildman–Crippen MR) is 225 cm³/mol. The van der Waals surface area contributed by atoms with Crippen LogP contribution in [0.15, 0.2) is 218 Å². The zero-order chi connectivity index (χ0) is 36.1. The molecule has 9 rings (SSSR count). The molecule has 0 saturated carbocycles. The lowest BCUT2D eigenvalue weighted by Crippen LogP contribution is -2.12. The highest BCUT2D eigenvalue weighted by Crippen LogP contribution is 2.40. The van der Waals surface area contributed by atoms with Gasteiger partial charge < -0.3 is 9.80 Å². The monoisotopic (exact) mass is 692 g/mol. The van der Waals surface area contributed by atoms with Gasteiger partial charge in [-0.15, -0.1) is 0 Å². The predicted octanol–water partition coefficient (Wildman–Crippen LogP) is 13.6. The third kappa shape index (κ3) is 6.60. The number of fused-ring (bicyclic) bond motifs is 1. The molecule has 0 aliphatic carbocycles. The lowest BCUT2D eigenvalue weighted by atomic mass is 9.99. The molecule has 0 saturated heterocycles. The van der Waals surface area contributed by atoms with Crippen LogP contribution < -0.4 is 9.80 Å². The van der Waals surface area contributed by atoms with Crippen molar-refractivity contribution in [3.8, 4) is 33.6 Å². The molecule has 0 aliphatic rings. The smallest absolute Gasteiger partial charge is 0.0973 e. The summed E-state index contributed by atoms with van der Waals surface area (Å²) < 4.78 is 0. The summed E-state index contributed by atoms with van der Waals surface area (Å²) in [6.07, 6.45) is 0. The Balaban J connectivity index is 1.09. The summed E-state index contributed by atoms with van der Waals surface area (Å²) in [7, 11) is 0. The van der Waals surface area contributed by atoms with Crippen LogP contribution in [0.3, 0.4) is 0 Å². The van der Waals surface area contributed by atoms with Crippen molar-refractivity contribution in [2.24, 2.45) is 0 Å². The highest BCUT2D eigenvalue weighted by molar-refractivity contribution is 5.88. The van der Waals surface area contributed by atoms with Gasteiger partial charge in [-0.2, -0.15) is 0 Å². The van der Waals surface area contributed by atoms with Gasteiger partial charge in [-0.25, -0.2) is 9.97 Å². The number of anilines is 6. The van der Waals surface area contributed by atoms with Crippen molar-refractivity contribution >= 4 is 45.2 Å². The number of nitrogens with zero attached hydrogens (tertiary/aromatic N) is 4. The van der Waals surface area contributed by atoms with Crippen molar-refractivity contribution in [3.63, 3.8) is 0 Å². The van der Waals surface area contributed by atoms with Gasteiger partial charge in [0.25, 0.3) is 0 Å². The maximum absolute atomic E-state index is 5.19. The average Bonchev–Trinajstić information content (AvgIpc) is 3.26. The fourth-order valence-corrected chi connectivity index (χ4v) is 7.00. The Morgan fingerprint density at radius 1 is 0.222 bits per heavy atom. The Kier molecular flexibility index (Phi) is 8.90. The van der Waals surface area contributed by atoms with Crippen molar-refractivity contribution in [2.75, 3.05) is 9.80 Å². The fourth-order valence-electron chi connectivity index (χ4n) is 7.00. The molecule has 0 radical (unpaired) electrons. The summed E-state index contributed by atoms with van der Waals surface area (Å²) in [6, 6.07) is 76.1. The summed E-state index contributed by atoms with van der Waals surface area (Å²) in [6.45, 7) is 0. The van der Waals surface area contributed by atoms with E-state index >= 15 is 0 Å². The van der Waals surface area contributed by atoms with E-state index in [2.05, 4.69) is 198 Å². The first-order chi connectivity index (χ1) is 26.8. The number of hydrogen-bond acceptors (Lipinski definition) is 4. The molecule has 1 heterocycles. The van der Waals surface area contributed by atoms with Gasteiger partial charge in [-0.1, -0.05) is 133 Å². The normalized spacial score (nSPS) is 11.0. The standard InChI is InChI=1S/C50H36N4/c1-5-15-37(16-6-1)38-25-27-39(28-26-38)49-50(52-48-24-14-13-23-47(48)51-49)40-29-31-44(32-30-40)54(43-21-11-4-12-22-43)46-35-33-45(34-36-46)53(41-17-7-2-8-18-41)42-19-9-3-10-20-42/h1-36H. The van der Waals surface area contributed by atoms with E-state index < -0.39 is 0 Å². The molecule has 4 nitrogen and oxygen atoms in total. The highest BCUT2D eigenvalue weighted by Gasteiger charge is 2.18. The van der Waals surface area contributed by atoms with Crippen LogP contribution in [0.2, 0.25) is 0 Å². The molecule has 256 valence electrons. The van der Waals surface area contributed by atoms with E-state index in [-0.39, 0.29) is 0 Å². The molecule has 0 unspecified atom stereocenters. The van der Waals surface area contributed by atoms with Crippen LogP contribution >= 0.6 is 0 Å². The minimum atomic E-state index is 0.852. The van der Waals surface area contributed by atoms with Crippen LogP contribution in [-0.4, -0.2) is 9.97 Å². The fraction of sp³-hybridized carbons (Fsp3) is 0. The molecule has 0 bridgehead atoms. The molecule has 0 fully saturated rings. The molecule has 4 heteroatoms. The molecule has 0 N–H and O–H groups in total. The van der Waals surface area contributed by atoms with Crippen molar-refractivity contribution < 1.29 is 0 Å². The molecule has 8 aromatic carbocycles. The minimum Gasteiger partial charge on any atom is -0.311 e. The SMILES string of the molecule is c1ccc(-c2ccc(-c3nc4ccccc4nc3-c3ccc(N(c4ccccc4)c4ccc(N(c5ccccc5)c5ccccc5)cc4)cc3)cc2)cc1. The molecule has 54 heavy (non-hydrogen) atoms. The second kappa shape index (κ2) is 14.7. The van der Waals surface area contributed by atoms with Gasteiger partial charge in [0.05, 0.1) is 22.4 Å². The van der Waals surface area contributed by atoms with E-state index in [4.69, 9.17) is 9.97 Å². The third-order valence-corrected chi connectivity index (χ3v) is 9.64. The second-order valence-corrected chi connectivity index (χ2v) is 13.1. The van der Waals surface area contributed by atoms with E-state index in [1.54, 1.807) is 0 Å². The van der Waals surface area contributed by atoms with Gasteiger partial charge in [0.1, 0.15) is 0 Å². The summed E-state index contributed by atoms with van der Waals surface area (Å²) in [5.74, 6) is 0. The first-order valence-electron chi connectivity index (χ1n) is 18.2. The molecular formula is C50H36N4. The van der Waals surface area contributed by atoms with E-state index in [1.807, 2.05) is 30.3 Å². The summed E-state index contributed by atoms with van der Waals surface area (Å²) >= 11 is 0. The van der Waals surface area contributed by atoms with Crippen LogP contribution in [0.5, 0.6) is 0 Å². The van der Waals surface area contributed by atoms with Crippen molar-refractivity contribution in [1.82, 2.24) is 9.97 Å². The number of aromatic nitrogens is 2. The Labute approximate surface area is 315 Å². The summed E-state index contributed by atoms with van der Waals surface area (Å²) in [5.41, 5.74) is 14.3. The zero-order valence-corrected chi connectivity index (χ0v) is 29.6. The Morgan fingerprint density at radius 2 is 0.481 bits per heavy atom. The maximum atomic E-state index is 5.19. The second-order valence-electron chi connectivity index (χ2n) is 13.1. The quantitative estimate of drug-likeness (QED) is 0.151. The van der Waals surface area contributed by atoms with Crippen LogP contribution in [0.25, 0.3) is 44.7 Å². The number of rotatable bonds is 9. The lowest BCUT2D eigenvalue weighted by molar-refractivity contribution is 1.25. The topological polar surface area (TPSA) is 32.3 Å². The van der Waals surface area contributed by atoms with Crippen molar-refractivity contribution in [2.45, 2.75) is 0 Å². The number of para-hydroxylation sites is 5. The molecule has 0 spiro atoms. The van der Waals surface area contributed by atoms with Crippen molar-refractivity contribution in [3.05, 3.63) is 218 Å². The summed E-state index contributed by atoms with van der Waals surface area (Å²) in [5, 5.41) is 0. The zero-order valence-electron chi connectivity index (χ0n) is 29.6. The molecular weight excluding hydrogens is 657 g/mol. The summed E-state index contributed by atoms with van der Waals surface area (Å²) in [4.78, 5) is 14.9. The third-order valence-electron chi connectivity index (χ3n) is 9.64. The Bertz CT molecular complexity index is 2570.